The van der Waals surface area contributed by atoms with Crippen molar-refractivity contribution in [2.75, 3.05) is 0 Å². The van der Waals surface area contributed by atoms with Gasteiger partial charge in [-0.2, -0.15) is 5.10 Å². The Kier molecular flexibility index (Phi) is 4.49. The van der Waals surface area contributed by atoms with E-state index in [9.17, 15) is 0 Å². The van der Waals surface area contributed by atoms with E-state index >= 15 is 0 Å². The van der Waals surface area contributed by atoms with Gasteiger partial charge in [0.2, 0.25) is 0 Å². The van der Waals surface area contributed by atoms with Crippen LogP contribution in [0.2, 0.25) is 0 Å². The molecule has 0 spiro atoms. The van der Waals surface area contributed by atoms with Crippen molar-refractivity contribution >= 4 is 15.9 Å². The van der Waals surface area contributed by atoms with Crippen LogP contribution in [-0.2, 0) is 13.1 Å². The summed E-state index contributed by atoms with van der Waals surface area (Å²) >= 11 is 3.49. The SMILES string of the molecule is CCn1ncnc1CNC(C)c1cccc(Br)c1. The predicted molar refractivity (Wildman–Crippen MR) is 75.1 cm³/mol. The number of benzene rings is 1. The highest BCUT2D eigenvalue weighted by atomic mass is 79.9. The molecule has 1 atom stereocenters. The van der Waals surface area contributed by atoms with E-state index in [0.29, 0.717) is 0 Å². The Morgan fingerprint density at radius 2 is 2.28 bits per heavy atom. The lowest BCUT2D eigenvalue weighted by atomic mass is 10.1. The van der Waals surface area contributed by atoms with Gasteiger partial charge in [-0.1, -0.05) is 28.1 Å². The Balaban J connectivity index is 1.98. The molecule has 0 aliphatic carbocycles. The fourth-order valence-corrected chi connectivity index (χ4v) is 2.24. The van der Waals surface area contributed by atoms with Gasteiger partial charge >= 0.3 is 0 Å². The summed E-state index contributed by atoms with van der Waals surface area (Å²) in [6, 6.07) is 8.61. The Bertz CT molecular complexity index is 509. The van der Waals surface area contributed by atoms with Gasteiger partial charge in [0, 0.05) is 17.1 Å². The van der Waals surface area contributed by atoms with E-state index in [1.807, 2.05) is 16.8 Å². The van der Waals surface area contributed by atoms with Crippen LogP contribution in [-0.4, -0.2) is 14.8 Å². The zero-order valence-corrected chi connectivity index (χ0v) is 12.2. The first kappa shape index (κ1) is 13.2. The molecule has 1 aromatic carbocycles. The molecular formula is C13H17BrN4. The monoisotopic (exact) mass is 308 g/mol. The smallest absolute Gasteiger partial charge is 0.140 e. The topological polar surface area (TPSA) is 42.7 Å². The summed E-state index contributed by atoms with van der Waals surface area (Å²) in [5.74, 6) is 0.972. The fourth-order valence-electron chi connectivity index (χ4n) is 1.83. The lowest BCUT2D eigenvalue weighted by molar-refractivity contribution is 0.523. The molecule has 0 fully saturated rings. The number of nitrogens with one attached hydrogen (secondary N) is 1. The number of nitrogens with zero attached hydrogens (tertiary/aromatic N) is 3. The summed E-state index contributed by atoms with van der Waals surface area (Å²) in [6.07, 6.45) is 1.60. The number of aromatic nitrogens is 3. The van der Waals surface area contributed by atoms with E-state index in [2.05, 4.69) is 57.3 Å². The zero-order valence-electron chi connectivity index (χ0n) is 10.6. The zero-order chi connectivity index (χ0) is 13.0. The number of aryl methyl sites for hydroxylation is 1. The molecule has 1 heterocycles. The van der Waals surface area contributed by atoms with Gasteiger partial charge in [0.15, 0.2) is 0 Å². The number of halogens is 1. The third-order valence-electron chi connectivity index (χ3n) is 2.91. The summed E-state index contributed by atoms with van der Waals surface area (Å²) < 4.78 is 3.01. The maximum Gasteiger partial charge on any atom is 0.140 e. The average molecular weight is 309 g/mol. The first-order valence-corrected chi connectivity index (χ1v) is 6.85. The summed E-state index contributed by atoms with van der Waals surface area (Å²) in [5, 5.41) is 7.62. The van der Waals surface area contributed by atoms with Crippen molar-refractivity contribution in [2.45, 2.75) is 33.0 Å². The molecule has 4 nitrogen and oxygen atoms in total. The van der Waals surface area contributed by atoms with Crippen molar-refractivity contribution < 1.29 is 0 Å². The van der Waals surface area contributed by atoms with Crippen LogP contribution in [0.25, 0.3) is 0 Å². The van der Waals surface area contributed by atoms with Gasteiger partial charge in [-0.3, -0.25) is 0 Å². The second-order valence-corrected chi connectivity index (χ2v) is 5.07. The highest BCUT2D eigenvalue weighted by molar-refractivity contribution is 9.10. The molecule has 0 radical (unpaired) electrons. The van der Waals surface area contributed by atoms with Crippen molar-refractivity contribution in [3.05, 3.63) is 46.5 Å². The number of hydrogen-bond acceptors (Lipinski definition) is 3. The molecule has 0 aliphatic heterocycles. The first-order chi connectivity index (χ1) is 8.70. The fraction of sp³-hybridized carbons (Fsp3) is 0.385. The molecule has 96 valence electrons. The Morgan fingerprint density at radius 1 is 1.44 bits per heavy atom. The molecule has 0 aliphatic rings. The highest BCUT2D eigenvalue weighted by Gasteiger charge is 2.07. The lowest BCUT2D eigenvalue weighted by Gasteiger charge is -2.14. The maximum atomic E-state index is 4.25. The van der Waals surface area contributed by atoms with Gasteiger partial charge in [0.1, 0.15) is 12.2 Å². The molecule has 2 rings (SSSR count). The Hall–Kier alpha value is -1.20. The van der Waals surface area contributed by atoms with Crippen LogP contribution >= 0.6 is 15.9 Å². The van der Waals surface area contributed by atoms with E-state index in [0.717, 1.165) is 23.4 Å². The van der Waals surface area contributed by atoms with Gasteiger partial charge in [0.05, 0.1) is 6.54 Å². The minimum Gasteiger partial charge on any atom is -0.303 e. The largest absolute Gasteiger partial charge is 0.303 e. The molecular weight excluding hydrogens is 292 g/mol. The second-order valence-electron chi connectivity index (χ2n) is 4.15. The first-order valence-electron chi connectivity index (χ1n) is 6.06. The Labute approximate surface area is 116 Å². The molecule has 1 aromatic heterocycles. The van der Waals surface area contributed by atoms with Crippen LogP contribution in [0.15, 0.2) is 35.1 Å². The van der Waals surface area contributed by atoms with E-state index in [4.69, 9.17) is 0 Å². The highest BCUT2D eigenvalue weighted by Crippen LogP contribution is 2.18. The minimum absolute atomic E-state index is 0.282. The van der Waals surface area contributed by atoms with Crippen molar-refractivity contribution in [1.82, 2.24) is 20.1 Å². The van der Waals surface area contributed by atoms with E-state index in [-0.39, 0.29) is 6.04 Å². The third kappa shape index (κ3) is 3.17. The number of rotatable bonds is 5. The van der Waals surface area contributed by atoms with Crippen molar-refractivity contribution in [3.8, 4) is 0 Å². The maximum absolute atomic E-state index is 4.25. The minimum atomic E-state index is 0.282. The van der Waals surface area contributed by atoms with Crippen LogP contribution in [0.4, 0.5) is 0 Å². The summed E-state index contributed by atoms with van der Waals surface area (Å²) in [4.78, 5) is 4.25. The lowest BCUT2D eigenvalue weighted by Crippen LogP contribution is -2.21. The summed E-state index contributed by atoms with van der Waals surface area (Å²) in [6.45, 7) is 5.79. The molecule has 18 heavy (non-hydrogen) atoms. The van der Waals surface area contributed by atoms with Crippen LogP contribution < -0.4 is 5.32 Å². The van der Waals surface area contributed by atoms with Gasteiger partial charge in [-0.05, 0) is 31.5 Å². The van der Waals surface area contributed by atoms with Crippen molar-refractivity contribution in [3.63, 3.8) is 0 Å². The molecule has 1 N–H and O–H groups in total. The average Bonchev–Trinajstić information content (AvgIpc) is 2.83. The number of hydrogen-bond donors (Lipinski definition) is 1. The van der Waals surface area contributed by atoms with E-state index in [1.54, 1.807) is 6.33 Å². The second kappa shape index (κ2) is 6.11. The molecule has 0 saturated heterocycles. The van der Waals surface area contributed by atoms with E-state index < -0.39 is 0 Å². The quantitative estimate of drug-likeness (QED) is 0.923. The molecule has 2 aromatic rings. The summed E-state index contributed by atoms with van der Waals surface area (Å²) in [5.41, 5.74) is 1.26. The van der Waals surface area contributed by atoms with Gasteiger partial charge < -0.3 is 5.32 Å². The molecule has 5 heteroatoms. The normalized spacial score (nSPS) is 12.6. The Morgan fingerprint density at radius 3 is 3.00 bits per heavy atom. The molecule has 0 bridgehead atoms. The summed E-state index contributed by atoms with van der Waals surface area (Å²) in [7, 11) is 0. The van der Waals surface area contributed by atoms with Crippen LogP contribution in [0.5, 0.6) is 0 Å². The van der Waals surface area contributed by atoms with Gasteiger partial charge in [-0.25, -0.2) is 9.67 Å². The van der Waals surface area contributed by atoms with Crippen LogP contribution in [0, 0.1) is 0 Å². The van der Waals surface area contributed by atoms with Crippen molar-refractivity contribution in [2.24, 2.45) is 0 Å². The van der Waals surface area contributed by atoms with Crippen LogP contribution in [0.3, 0.4) is 0 Å². The van der Waals surface area contributed by atoms with Gasteiger partial charge in [-0.15, -0.1) is 0 Å². The van der Waals surface area contributed by atoms with Crippen molar-refractivity contribution in [1.29, 1.82) is 0 Å². The van der Waals surface area contributed by atoms with Gasteiger partial charge in [0.25, 0.3) is 0 Å². The third-order valence-corrected chi connectivity index (χ3v) is 3.40. The molecule has 1 unspecified atom stereocenters. The molecule has 0 amide bonds. The van der Waals surface area contributed by atoms with E-state index in [1.165, 1.54) is 5.56 Å². The van der Waals surface area contributed by atoms with Crippen LogP contribution in [0.1, 0.15) is 31.3 Å². The standard InChI is InChI=1S/C13H17BrN4/c1-3-18-13(16-9-17-18)8-15-10(2)11-5-4-6-12(14)7-11/h4-7,9-10,15H,3,8H2,1-2H3. The molecule has 0 saturated carbocycles. The predicted octanol–water partition coefficient (Wildman–Crippen LogP) is 2.91.